The maximum Gasteiger partial charge on any atom is 0.137 e. The van der Waals surface area contributed by atoms with Crippen LogP contribution in [0.25, 0.3) is 0 Å². The Bertz CT molecular complexity index is 626. The van der Waals surface area contributed by atoms with Crippen LogP contribution in [0.1, 0.15) is 30.1 Å². The summed E-state index contributed by atoms with van der Waals surface area (Å²) in [6, 6.07) is 12.0. The van der Waals surface area contributed by atoms with Gasteiger partial charge in [-0.05, 0) is 64.2 Å². The molecule has 1 fully saturated rings. The van der Waals surface area contributed by atoms with E-state index in [2.05, 4.69) is 15.9 Å². The molecule has 0 radical (unpaired) electrons. The van der Waals surface area contributed by atoms with E-state index in [1.807, 2.05) is 24.3 Å². The Kier molecular flexibility index (Phi) is 3.76. The first-order valence-electron chi connectivity index (χ1n) is 6.53. The van der Waals surface area contributed by atoms with Gasteiger partial charge in [-0.1, -0.05) is 18.2 Å². The third kappa shape index (κ3) is 3.02. The molecule has 0 aromatic heterocycles. The summed E-state index contributed by atoms with van der Waals surface area (Å²) in [6.45, 7) is 0. The van der Waals surface area contributed by atoms with Gasteiger partial charge in [0.15, 0.2) is 0 Å². The summed E-state index contributed by atoms with van der Waals surface area (Å²) in [4.78, 5) is 0. The molecular weight excluding hydrogens is 323 g/mol. The Morgan fingerprint density at radius 1 is 1.15 bits per heavy atom. The summed E-state index contributed by atoms with van der Waals surface area (Å²) >= 11 is 3.10. The molecular formula is C16H14BrFO2. The van der Waals surface area contributed by atoms with Crippen molar-refractivity contribution in [3.05, 3.63) is 63.9 Å². The summed E-state index contributed by atoms with van der Waals surface area (Å²) in [6.07, 6.45) is 1.63. The van der Waals surface area contributed by atoms with Gasteiger partial charge < -0.3 is 9.84 Å². The quantitative estimate of drug-likeness (QED) is 0.906. The monoisotopic (exact) mass is 336 g/mol. The van der Waals surface area contributed by atoms with E-state index in [4.69, 9.17) is 4.74 Å². The molecule has 2 nitrogen and oxygen atoms in total. The van der Waals surface area contributed by atoms with Crippen LogP contribution in [-0.2, 0) is 0 Å². The van der Waals surface area contributed by atoms with Crippen LogP contribution in [0.3, 0.4) is 0 Å². The van der Waals surface area contributed by atoms with Crippen LogP contribution in [0.2, 0.25) is 0 Å². The van der Waals surface area contributed by atoms with E-state index in [0.29, 0.717) is 21.7 Å². The van der Waals surface area contributed by atoms with Crippen molar-refractivity contribution in [1.29, 1.82) is 0 Å². The minimum atomic E-state index is -0.861. The number of aliphatic hydroxyl groups excluding tert-OH is 1. The number of aliphatic hydroxyl groups is 1. The topological polar surface area (TPSA) is 29.5 Å². The zero-order valence-electron chi connectivity index (χ0n) is 10.7. The van der Waals surface area contributed by atoms with E-state index in [-0.39, 0.29) is 5.82 Å². The Morgan fingerprint density at radius 2 is 1.90 bits per heavy atom. The van der Waals surface area contributed by atoms with Gasteiger partial charge in [0.25, 0.3) is 0 Å². The van der Waals surface area contributed by atoms with E-state index in [9.17, 15) is 9.50 Å². The highest BCUT2D eigenvalue weighted by Crippen LogP contribution is 2.30. The Morgan fingerprint density at radius 3 is 2.60 bits per heavy atom. The molecule has 0 heterocycles. The lowest BCUT2D eigenvalue weighted by Crippen LogP contribution is -2.02. The first-order valence-corrected chi connectivity index (χ1v) is 7.32. The van der Waals surface area contributed by atoms with Gasteiger partial charge in [0.1, 0.15) is 17.7 Å². The molecule has 4 heteroatoms. The fourth-order valence-electron chi connectivity index (χ4n) is 2.01. The maximum atomic E-state index is 13.5. The van der Waals surface area contributed by atoms with Crippen molar-refractivity contribution in [2.24, 2.45) is 0 Å². The molecule has 1 N–H and O–H groups in total. The maximum absolute atomic E-state index is 13.5. The molecule has 3 rings (SSSR count). The highest BCUT2D eigenvalue weighted by Gasteiger charge is 2.23. The van der Waals surface area contributed by atoms with E-state index in [0.717, 1.165) is 18.6 Å². The second-order valence-electron chi connectivity index (χ2n) is 4.97. The predicted molar refractivity (Wildman–Crippen MR) is 78.3 cm³/mol. The van der Waals surface area contributed by atoms with Crippen LogP contribution < -0.4 is 4.74 Å². The Balaban J connectivity index is 1.84. The number of hydrogen-bond donors (Lipinski definition) is 1. The summed E-state index contributed by atoms with van der Waals surface area (Å²) in [7, 11) is 0. The van der Waals surface area contributed by atoms with Crippen molar-refractivity contribution in [1.82, 2.24) is 0 Å². The molecule has 0 spiro atoms. The van der Waals surface area contributed by atoms with Crippen molar-refractivity contribution < 1.29 is 14.2 Å². The third-order valence-corrected chi connectivity index (χ3v) is 3.90. The van der Waals surface area contributed by atoms with Crippen molar-refractivity contribution in [3.63, 3.8) is 0 Å². The minimum absolute atomic E-state index is 0.313. The largest absolute Gasteiger partial charge is 0.490 e. The fraction of sp³-hybridized carbons (Fsp3) is 0.250. The summed E-state index contributed by atoms with van der Waals surface area (Å²) < 4.78 is 19.6. The first kappa shape index (κ1) is 13.6. The number of ether oxygens (including phenoxy) is 1. The van der Waals surface area contributed by atoms with Crippen LogP contribution in [0.4, 0.5) is 4.39 Å². The number of rotatable bonds is 4. The number of halogens is 2. The molecule has 0 amide bonds. The van der Waals surface area contributed by atoms with Crippen molar-refractivity contribution >= 4 is 15.9 Å². The molecule has 0 aliphatic heterocycles. The van der Waals surface area contributed by atoms with Crippen LogP contribution in [0.5, 0.6) is 5.75 Å². The third-order valence-electron chi connectivity index (χ3n) is 3.26. The molecule has 104 valence electrons. The Labute approximate surface area is 125 Å². The van der Waals surface area contributed by atoms with Gasteiger partial charge in [0.2, 0.25) is 0 Å². The molecule has 1 atom stereocenters. The van der Waals surface area contributed by atoms with Crippen LogP contribution in [-0.4, -0.2) is 11.2 Å². The molecule has 2 aromatic rings. The van der Waals surface area contributed by atoms with Gasteiger partial charge in [-0.15, -0.1) is 0 Å². The van der Waals surface area contributed by atoms with Crippen molar-refractivity contribution in [2.75, 3.05) is 0 Å². The standard InChI is InChI=1S/C16H14BrFO2/c17-14-7-4-11(9-15(14)18)16(19)10-2-1-3-13(8-10)20-12-5-6-12/h1-4,7-9,12,16,19H,5-6H2. The smallest absolute Gasteiger partial charge is 0.137 e. The lowest BCUT2D eigenvalue weighted by atomic mass is 10.0. The fourth-order valence-corrected chi connectivity index (χ4v) is 2.26. The summed E-state index contributed by atoms with van der Waals surface area (Å²) in [5.74, 6) is 0.369. The zero-order chi connectivity index (χ0) is 14.1. The Hall–Kier alpha value is -1.39. The highest BCUT2D eigenvalue weighted by atomic mass is 79.9. The lowest BCUT2D eigenvalue weighted by molar-refractivity contribution is 0.218. The second kappa shape index (κ2) is 5.54. The summed E-state index contributed by atoms with van der Waals surface area (Å²) in [5, 5.41) is 10.3. The molecule has 2 aromatic carbocycles. The van der Waals surface area contributed by atoms with Gasteiger partial charge in [-0.25, -0.2) is 4.39 Å². The number of hydrogen-bond acceptors (Lipinski definition) is 2. The molecule has 1 aliphatic carbocycles. The van der Waals surface area contributed by atoms with E-state index in [1.54, 1.807) is 12.1 Å². The second-order valence-corrected chi connectivity index (χ2v) is 5.82. The van der Waals surface area contributed by atoms with E-state index < -0.39 is 6.10 Å². The summed E-state index contributed by atoms with van der Waals surface area (Å²) in [5.41, 5.74) is 1.22. The average molecular weight is 337 g/mol. The lowest BCUT2D eigenvalue weighted by Gasteiger charge is -2.13. The molecule has 0 saturated heterocycles. The van der Waals surface area contributed by atoms with Crippen LogP contribution in [0.15, 0.2) is 46.9 Å². The minimum Gasteiger partial charge on any atom is -0.490 e. The molecule has 1 unspecified atom stereocenters. The first-order chi connectivity index (χ1) is 9.63. The SMILES string of the molecule is OC(c1cccc(OC2CC2)c1)c1ccc(Br)c(F)c1. The normalized spacial score (nSPS) is 15.9. The van der Waals surface area contributed by atoms with Crippen molar-refractivity contribution in [3.8, 4) is 5.75 Å². The molecule has 0 bridgehead atoms. The molecule has 20 heavy (non-hydrogen) atoms. The number of benzene rings is 2. The van der Waals surface area contributed by atoms with Gasteiger partial charge >= 0.3 is 0 Å². The molecule has 1 saturated carbocycles. The molecule has 1 aliphatic rings. The van der Waals surface area contributed by atoms with Gasteiger partial charge in [0.05, 0.1) is 10.6 Å². The van der Waals surface area contributed by atoms with Crippen LogP contribution in [0, 0.1) is 5.82 Å². The van der Waals surface area contributed by atoms with Gasteiger partial charge in [-0.3, -0.25) is 0 Å². The van der Waals surface area contributed by atoms with Crippen molar-refractivity contribution in [2.45, 2.75) is 25.0 Å². The van der Waals surface area contributed by atoms with Gasteiger partial charge in [-0.2, -0.15) is 0 Å². The van der Waals surface area contributed by atoms with E-state index in [1.165, 1.54) is 6.07 Å². The zero-order valence-corrected chi connectivity index (χ0v) is 12.3. The predicted octanol–water partition coefficient (Wildman–Crippen LogP) is 4.21. The average Bonchev–Trinajstić information content (AvgIpc) is 3.25. The van der Waals surface area contributed by atoms with Gasteiger partial charge in [0, 0.05) is 0 Å². The van der Waals surface area contributed by atoms with E-state index >= 15 is 0 Å². The van der Waals surface area contributed by atoms with Crippen LogP contribution >= 0.6 is 15.9 Å². The highest BCUT2D eigenvalue weighted by molar-refractivity contribution is 9.10.